The summed E-state index contributed by atoms with van der Waals surface area (Å²) in [7, 11) is 1.78. The van der Waals surface area contributed by atoms with Gasteiger partial charge in [0, 0.05) is 19.7 Å². The Balaban J connectivity index is 1.61. The van der Waals surface area contributed by atoms with E-state index in [2.05, 4.69) is 0 Å². The van der Waals surface area contributed by atoms with Crippen molar-refractivity contribution >= 4 is 17.2 Å². The van der Waals surface area contributed by atoms with E-state index in [-0.39, 0.29) is 12.7 Å². The minimum atomic E-state index is -0.566. The van der Waals surface area contributed by atoms with Crippen LogP contribution in [0.25, 0.3) is 0 Å². The zero-order valence-corrected chi connectivity index (χ0v) is 13.3. The summed E-state index contributed by atoms with van der Waals surface area (Å²) in [5, 5.41) is 4.04. The van der Waals surface area contributed by atoms with Gasteiger partial charge < -0.3 is 19.1 Å². The first-order chi connectivity index (χ1) is 10.6. The summed E-state index contributed by atoms with van der Waals surface area (Å²) >= 11 is 1.62. The minimum Gasteiger partial charge on any atom is -0.481 e. The molecule has 0 N–H and O–H groups in total. The molecule has 1 aliphatic heterocycles. The van der Waals surface area contributed by atoms with Gasteiger partial charge in [-0.3, -0.25) is 4.79 Å². The van der Waals surface area contributed by atoms with Crippen LogP contribution in [0, 0.1) is 0 Å². The van der Waals surface area contributed by atoms with Crippen LogP contribution in [0.4, 0.5) is 0 Å². The predicted octanol–water partition coefficient (Wildman–Crippen LogP) is 2.90. The van der Waals surface area contributed by atoms with Crippen LogP contribution in [-0.2, 0) is 11.3 Å². The lowest BCUT2D eigenvalue weighted by atomic mass is 10.2. The van der Waals surface area contributed by atoms with E-state index in [1.807, 2.05) is 16.8 Å². The molecular formula is C16H17NO4S. The average Bonchev–Trinajstić information content (AvgIpc) is 3.16. The van der Waals surface area contributed by atoms with Crippen molar-refractivity contribution in [3.63, 3.8) is 0 Å². The Bertz CT molecular complexity index is 656. The van der Waals surface area contributed by atoms with Gasteiger partial charge in [0.25, 0.3) is 5.91 Å². The maximum absolute atomic E-state index is 12.4. The summed E-state index contributed by atoms with van der Waals surface area (Å²) in [6.45, 7) is 2.55. The van der Waals surface area contributed by atoms with E-state index < -0.39 is 6.10 Å². The Labute approximate surface area is 133 Å². The van der Waals surface area contributed by atoms with Crippen LogP contribution in [-0.4, -0.2) is 30.8 Å². The second kappa shape index (κ2) is 6.27. The summed E-state index contributed by atoms with van der Waals surface area (Å²) in [5.74, 6) is 1.86. The summed E-state index contributed by atoms with van der Waals surface area (Å²) in [6.07, 6.45) is -0.566. The van der Waals surface area contributed by atoms with E-state index in [0.29, 0.717) is 23.8 Å². The Morgan fingerprint density at radius 2 is 2.18 bits per heavy atom. The molecule has 0 saturated heterocycles. The molecule has 0 fully saturated rings. The van der Waals surface area contributed by atoms with Crippen molar-refractivity contribution in [3.05, 3.63) is 40.6 Å². The molecule has 2 aromatic rings. The van der Waals surface area contributed by atoms with Crippen molar-refractivity contribution in [3.8, 4) is 17.2 Å². The van der Waals surface area contributed by atoms with E-state index in [4.69, 9.17) is 14.2 Å². The third-order valence-corrected chi connectivity index (χ3v) is 4.11. The van der Waals surface area contributed by atoms with Gasteiger partial charge in [0.1, 0.15) is 5.75 Å². The number of nitrogens with zero attached hydrogens (tertiary/aromatic N) is 1. The second-order valence-electron chi connectivity index (χ2n) is 5.10. The van der Waals surface area contributed by atoms with Gasteiger partial charge in [0.05, 0.1) is 0 Å². The number of hydrogen-bond donors (Lipinski definition) is 0. The first-order valence-corrected chi connectivity index (χ1v) is 7.90. The standard InChI is InChI=1S/C16H17NO4S/c1-11(16(18)17(2)8-12-5-6-22-9-12)21-13-3-4-14-15(7-13)20-10-19-14/h3-7,9,11H,8,10H2,1-2H3/t11-/m1/s1. The number of hydrogen-bond acceptors (Lipinski definition) is 5. The minimum absolute atomic E-state index is 0.0659. The number of likely N-dealkylation sites (N-methyl/N-ethyl adjacent to an activating group) is 1. The van der Waals surface area contributed by atoms with E-state index in [1.165, 1.54) is 0 Å². The van der Waals surface area contributed by atoms with Crippen molar-refractivity contribution < 1.29 is 19.0 Å². The zero-order chi connectivity index (χ0) is 15.5. The fourth-order valence-electron chi connectivity index (χ4n) is 2.25. The normalized spacial score (nSPS) is 13.7. The molecule has 1 amide bonds. The second-order valence-corrected chi connectivity index (χ2v) is 5.88. The maximum atomic E-state index is 12.4. The Kier molecular flexibility index (Phi) is 4.20. The fourth-order valence-corrected chi connectivity index (χ4v) is 2.91. The van der Waals surface area contributed by atoms with Crippen LogP contribution in [0.1, 0.15) is 12.5 Å². The molecule has 3 rings (SSSR count). The van der Waals surface area contributed by atoms with E-state index in [1.54, 1.807) is 48.4 Å². The maximum Gasteiger partial charge on any atom is 0.263 e. The molecule has 2 heterocycles. The third kappa shape index (κ3) is 3.17. The van der Waals surface area contributed by atoms with Gasteiger partial charge in [-0.15, -0.1) is 0 Å². The molecule has 0 unspecified atom stereocenters. The molecule has 6 heteroatoms. The van der Waals surface area contributed by atoms with Crippen molar-refractivity contribution in [2.75, 3.05) is 13.8 Å². The molecule has 0 saturated carbocycles. The van der Waals surface area contributed by atoms with Crippen LogP contribution in [0.15, 0.2) is 35.0 Å². The SMILES string of the molecule is C[C@@H](Oc1ccc2c(c1)OCO2)C(=O)N(C)Cc1ccsc1. The number of ether oxygens (including phenoxy) is 3. The average molecular weight is 319 g/mol. The molecule has 22 heavy (non-hydrogen) atoms. The highest BCUT2D eigenvalue weighted by Crippen LogP contribution is 2.35. The van der Waals surface area contributed by atoms with Gasteiger partial charge in [-0.1, -0.05) is 0 Å². The van der Waals surface area contributed by atoms with Gasteiger partial charge in [-0.05, 0) is 41.4 Å². The Hall–Kier alpha value is -2.21. The van der Waals surface area contributed by atoms with E-state index in [0.717, 1.165) is 5.56 Å². The van der Waals surface area contributed by atoms with E-state index >= 15 is 0 Å². The van der Waals surface area contributed by atoms with Crippen LogP contribution in [0.5, 0.6) is 17.2 Å². The van der Waals surface area contributed by atoms with Crippen LogP contribution >= 0.6 is 11.3 Å². The lowest BCUT2D eigenvalue weighted by molar-refractivity contribution is -0.137. The molecule has 0 radical (unpaired) electrons. The summed E-state index contributed by atoms with van der Waals surface area (Å²) < 4.78 is 16.3. The molecule has 1 aliphatic rings. The first-order valence-electron chi connectivity index (χ1n) is 6.96. The van der Waals surface area contributed by atoms with Gasteiger partial charge in [-0.2, -0.15) is 11.3 Å². The van der Waals surface area contributed by atoms with Crippen LogP contribution < -0.4 is 14.2 Å². The molecule has 1 aromatic heterocycles. The number of benzene rings is 1. The van der Waals surface area contributed by atoms with Gasteiger partial charge in [0.15, 0.2) is 17.6 Å². The topological polar surface area (TPSA) is 48.0 Å². The molecule has 0 spiro atoms. The number of rotatable bonds is 5. The van der Waals surface area contributed by atoms with Gasteiger partial charge >= 0.3 is 0 Å². The lowest BCUT2D eigenvalue weighted by Crippen LogP contribution is -2.37. The summed E-state index contributed by atoms with van der Waals surface area (Å²) in [4.78, 5) is 14.0. The zero-order valence-electron chi connectivity index (χ0n) is 12.4. The smallest absolute Gasteiger partial charge is 0.263 e. The van der Waals surface area contributed by atoms with Crippen LogP contribution in [0.3, 0.4) is 0 Å². The monoisotopic (exact) mass is 319 g/mol. The molecule has 116 valence electrons. The van der Waals surface area contributed by atoms with Crippen molar-refractivity contribution in [1.82, 2.24) is 4.90 Å². The van der Waals surface area contributed by atoms with Crippen LogP contribution in [0.2, 0.25) is 0 Å². The predicted molar refractivity (Wildman–Crippen MR) is 83.4 cm³/mol. The highest BCUT2D eigenvalue weighted by Gasteiger charge is 2.21. The molecular weight excluding hydrogens is 302 g/mol. The summed E-state index contributed by atoms with van der Waals surface area (Å²) in [6, 6.07) is 7.31. The number of carbonyl (C=O) groups is 1. The lowest BCUT2D eigenvalue weighted by Gasteiger charge is -2.22. The van der Waals surface area contributed by atoms with Crippen molar-refractivity contribution in [2.45, 2.75) is 19.6 Å². The van der Waals surface area contributed by atoms with Gasteiger partial charge in [-0.25, -0.2) is 0 Å². The molecule has 1 atom stereocenters. The Morgan fingerprint density at radius 3 is 2.95 bits per heavy atom. The first kappa shape index (κ1) is 14.7. The molecule has 1 aromatic carbocycles. The quantitative estimate of drug-likeness (QED) is 0.850. The summed E-state index contributed by atoms with van der Waals surface area (Å²) in [5.41, 5.74) is 1.12. The fraction of sp³-hybridized carbons (Fsp3) is 0.312. The molecule has 0 bridgehead atoms. The van der Waals surface area contributed by atoms with Gasteiger partial charge in [0.2, 0.25) is 6.79 Å². The number of carbonyl (C=O) groups excluding carboxylic acids is 1. The number of amides is 1. The highest BCUT2D eigenvalue weighted by molar-refractivity contribution is 7.07. The number of fused-ring (bicyclic) bond motifs is 1. The van der Waals surface area contributed by atoms with Crippen molar-refractivity contribution in [2.24, 2.45) is 0 Å². The van der Waals surface area contributed by atoms with Crippen molar-refractivity contribution in [1.29, 1.82) is 0 Å². The number of thiophene rings is 1. The Morgan fingerprint density at radius 1 is 1.36 bits per heavy atom. The highest BCUT2D eigenvalue weighted by atomic mass is 32.1. The molecule has 5 nitrogen and oxygen atoms in total. The largest absolute Gasteiger partial charge is 0.481 e. The third-order valence-electron chi connectivity index (χ3n) is 3.38. The molecule has 0 aliphatic carbocycles. The van der Waals surface area contributed by atoms with E-state index in [9.17, 15) is 4.79 Å².